The van der Waals surface area contributed by atoms with Crippen molar-refractivity contribution in [2.24, 2.45) is 0 Å². The number of aromatic nitrogens is 1. The highest BCUT2D eigenvalue weighted by molar-refractivity contribution is 9.10. The van der Waals surface area contributed by atoms with Crippen LogP contribution in [0.3, 0.4) is 0 Å². The number of hydrogen-bond donors (Lipinski definition) is 0. The molecule has 0 fully saturated rings. The quantitative estimate of drug-likeness (QED) is 0.109. The van der Waals surface area contributed by atoms with Crippen molar-refractivity contribution >= 4 is 72.2 Å². The van der Waals surface area contributed by atoms with Gasteiger partial charge in [-0.15, -0.1) is 0 Å². The molecule has 4 heteroatoms. The number of rotatable bonds is 9. The smallest absolute Gasteiger partial charge is 0.200 e. The average molecular weight is 645 g/mol. The van der Waals surface area contributed by atoms with Crippen LogP contribution in [0.5, 0.6) is 0 Å². The van der Waals surface area contributed by atoms with Gasteiger partial charge in [-0.1, -0.05) is 168 Å². The number of unbranched alkanes of at least 4 members (excludes halogenated alkanes) is 1. The lowest BCUT2D eigenvalue weighted by Gasteiger charge is -2.43. The molecule has 0 N–H and O–H groups in total. The Morgan fingerprint density at radius 1 is 0.651 bits per heavy atom. The lowest BCUT2D eigenvalue weighted by atomic mass is 9.14. The molecule has 0 radical (unpaired) electrons. The monoisotopic (exact) mass is 643 g/mol. The van der Waals surface area contributed by atoms with Crippen molar-refractivity contribution in [1.29, 1.82) is 0 Å². The van der Waals surface area contributed by atoms with Crippen molar-refractivity contribution in [3.63, 3.8) is 0 Å². The molecule has 0 aliphatic rings. The van der Waals surface area contributed by atoms with Gasteiger partial charge in [0.2, 0.25) is 5.52 Å². The van der Waals surface area contributed by atoms with Gasteiger partial charge in [0.1, 0.15) is 11.2 Å². The van der Waals surface area contributed by atoms with E-state index in [0.29, 0.717) is 0 Å². The minimum atomic E-state index is -0.913. The molecule has 0 saturated carbocycles. The molecular weight excluding hydrogens is 605 g/mol. The van der Waals surface area contributed by atoms with Crippen molar-refractivity contribution in [2.75, 3.05) is 0 Å². The summed E-state index contributed by atoms with van der Waals surface area (Å²) in [6.07, 6.45) is 7.11. The second kappa shape index (κ2) is 15.1. The Kier molecular flexibility index (Phi) is 10.8. The zero-order chi connectivity index (χ0) is 29.9. The van der Waals surface area contributed by atoms with Crippen LogP contribution < -0.4 is 21.0 Å². The van der Waals surface area contributed by atoms with Gasteiger partial charge < -0.3 is 0 Å². The Bertz CT molecular complexity index is 1640. The number of benzene rings is 5. The summed E-state index contributed by atoms with van der Waals surface area (Å²) in [4.78, 5) is 0. The van der Waals surface area contributed by atoms with Crippen LogP contribution in [0.25, 0.3) is 22.4 Å². The molecule has 1 heterocycles. The van der Waals surface area contributed by atoms with Gasteiger partial charge in [0.25, 0.3) is 5.01 Å². The minimum absolute atomic E-state index is 0.913. The molecule has 0 amide bonds. The molecular formula is C39H39BBrNS. The predicted molar refractivity (Wildman–Crippen MR) is 194 cm³/mol. The van der Waals surface area contributed by atoms with Crippen LogP contribution in [0.1, 0.15) is 37.3 Å². The van der Waals surface area contributed by atoms with Crippen LogP contribution in [-0.4, -0.2) is 6.15 Å². The molecule has 0 unspecified atom stereocenters. The van der Waals surface area contributed by atoms with Gasteiger partial charge in [-0.25, -0.2) is 0 Å². The number of fused-ring (bicyclic) bond motifs is 1. The van der Waals surface area contributed by atoms with Crippen molar-refractivity contribution in [2.45, 2.75) is 39.6 Å². The minimum Gasteiger partial charge on any atom is -0.200 e. The molecule has 0 saturated heterocycles. The van der Waals surface area contributed by atoms with Gasteiger partial charge in [0.05, 0.1) is 6.15 Å². The van der Waals surface area contributed by atoms with E-state index >= 15 is 0 Å². The van der Waals surface area contributed by atoms with Crippen LogP contribution in [0.2, 0.25) is 6.32 Å². The Labute approximate surface area is 269 Å². The molecule has 6 rings (SSSR count). The summed E-state index contributed by atoms with van der Waals surface area (Å²) in [5.74, 6) is 0. The summed E-state index contributed by atoms with van der Waals surface area (Å²) in [5.41, 5.74) is 6.86. The van der Waals surface area contributed by atoms with E-state index in [9.17, 15) is 0 Å². The first-order chi connectivity index (χ1) is 21.2. The molecule has 0 bridgehead atoms. The molecule has 0 aliphatic heterocycles. The van der Waals surface area contributed by atoms with Gasteiger partial charge >= 0.3 is 0 Å². The fraction of sp³-hybridized carbons (Fsp3) is 0.154. The standard InChI is InChI=1S/C22H24B.C17H15BrNS/c1-2-3-19-23(20-13-7-4-8-14-20,21-15-9-5-10-16-21)22-17-11-6-12-18-22;1-2-19-15-10-9-14(18)12-16(15)20-17(19)11-8-13-6-4-3-5-7-13/h4-18H,2-3,19H2,1H3;3-12H,2H2,1H3/q-1;+1. The average Bonchev–Trinajstić information content (AvgIpc) is 3.43. The van der Waals surface area contributed by atoms with E-state index in [-0.39, 0.29) is 0 Å². The number of halogens is 1. The molecule has 1 aromatic heterocycles. The van der Waals surface area contributed by atoms with Crippen LogP contribution in [0, 0.1) is 0 Å². The topological polar surface area (TPSA) is 3.88 Å². The first-order valence-electron chi connectivity index (χ1n) is 15.3. The number of hydrogen-bond acceptors (Lipinski definition) is 1. The fourth-order valence-corrected chi connectivity index (χ4v) is 7.87. The SMILES string of the molecule is CCCC[B-](c1ccccc1)(c1ccccc1)c1ccccc1.CC[n+]1c(C=Cc2ccccc2)sc2cc(Br)ccc21. The third kappa shape index (κ3) is 7.26. The molecule has 0 aliphatic carbocycles. The molecule has 216 valence electrons. The van der Waals surface area contributed by atoms with E-state index in [1.54, 1.807) is 0 Å². The third-order valence-electron chi connectivity index (χ3n) is 8.32. The van der Waals surface area contributed by atoms with Gasteiger partial charge in [0, 0.05) is 16.6 Å². The summed E-state index contributed by atoms with van der Waals surface area (Å²) >= 11 is 5.37. The van der Waals surface area contributed by atoms with Gasteiger partial charge in [-0.3, -0.25) is 0 Å². The molecule has 0 atom stereocenters. The zero-order valence-electron chi connectivity index (χ0n) is 25.1. The summed E-state index contributed by atoms with van der Waals surface area (Å²) in [5, 5.41) is 1.28. The molecule has 0 spiro atoms. The van der Waals surface area contributed by atoms with Crippen molar-refractivity contribution in [3.05, 3.63) is 155 Å². The van der Waals surface area contributed by atoms with E-state index in [1.807, 2.05) is 17.4 Å². The number of thiazole rings is 1. The Morgan fingerprint density at radius 3 is 1.65 bits per heavy atom. The second-order valence-electron chi connectivity index (χ2n) is 11.0. The highest BCUT2D eigenvalue weighted by Gasteiger charge is 2.28. The maximum atomic E-state index is 3.54. The maximum absolute atomic E-state index is 3.54. The predicted octanol–water partition coefficient (Wildman–Crippen LogP) is 9.10. The first-order valence-corrected chi connectivity index (χ1v) is 17.0. The molecule has 6 aromatic rings. The lowest BCUT2D eigenvalue weighted by Crippen LogP contribution is -2.66. The Hall–Kier alpha value is -3.73. The molecule has 5 aromatic carbocycles. The van der Waals surface area contributed by atoms with E-state index in [2.05, 4.69) is 180 Å². The largest absolute Gasteiger partial charge is 0.262 e. The highest BCUT2D eigenvalue weighted by Crippen LogP contribution is 2.25. The summed E-state index contributed by atoms with van der Waals surface area (Å²) in [7, 11) is 0. The fourth-order valence-electron chi connectivity index (χ4n) is 6.19. The zero-order valence-corrected chi connectivity index (χ0v) is 27.5. The Morgan fingerprint density at radius 2 is 1.16 bits per heavy atom. The third-order valence-corrected chi connectivity index (χ3v) is 9.93. The van der Waals surface area contributed by atoms with Crippen molar-refractivity contribution in [1.82, 2.24) is 0 Å². The van der Waals surface area contributed by atoms with Crippen LogP contribution in [0.4, 0.5) is 0 Å². The second-order valence-corrected chi connectivity index (χ2v) is 12.9. The lowest BCUT2D eigenvalue weighted by molar-refractivity contribution is -0.665. The van der Waals surface area contributed by atoms with E-state index in [4.69, 9.17) is 0 Å². The van der Waals surface area contributed by atoms with Crippen molar-refractivity contribution < 1.29 is 4.57 Å². The normalized spacial score (nSPS) is 11.4. The van der Waals surface area contributed by atoms with E-state index < -0.39 is 6.15 Å². The summed E-state index contributed by atoms with van der Waals surface area (Å²) < 4.78 is 4.80. The molecule has 43 heavy (non-hydrogen) atoms. The molecule has 1 nitrogen and oxygen atoms in total. The van der Waals surface area contributed by atoms with E-state index in [0.717, 1.165) is 11.0 Å². The maximum Gasteiger partial charge on any atom is 0.262 e. The number of aryl methyl sites for hydroxylation is 1. The first kappa shape index (κ1) is 30.7. The van der Waals surface area contributed by atoms with Crippen LogP contribution >= 0.6 is 27.3 Å². The van der Waals surface area contributed by atoms with Crippen LogP contribution in [-0.2, 0) is 6.54 Å². The van der Waals surface area contributed by atoms with Gasteiger partial charge in [0.15, 0.2) is 0 Å². The Balaban J connectivity index is 0.000000173. The van der Waals surface area contributed by atoms with Gasteiger partial charge in [-0.05, 0) is 30.7 Å². The number of nitrogens with zero attached hydrogens (tertiary/aromatic N) is 1. The summed E-state index contributed by atoms with van der Waals surface area (Å²) in [6.45, 7) is 5.45. The van der Waals surface area contributed by atoms with Crippen LogP contribution in [0.15, 0.2) is 144 Å². The summed E-state index contributed by atoms with van der Waals surface area (Å²) in [6, 6.07) is 50.0. The van der Waals surface area contributed by atoms with Crippen molar-refractivity contribution in [3.8, 4) is 0 Å². The van der Waals surface area contributed by atoms with E-state index in [1.165, 1.54) is 56.3 Å². The van der Waals surface area contributed by atoms with Gasteiger partial charge in [-0.2, -0.15) is 27.3 Å². The highest BCUT2D eigenvalue weighted by atomic mass is 79.9.